The molecular weight excluding hydrogens is 190 g/mol. The van der Waals surface area contributed by atoms with Gasteiger partial charge in [-0.05, 0) is 37.7 Å². The standard InChI is InChI=1S/C12H21NO2/c1-2-7-15-12(3-1)9-13-6-8-14-10-11-4-5-11/h2,7,11-13H,1,3-6,8-10H2. The molecule has 0 aromatic carbocycles. The normalized spacial score (nSPS) is 25.2. The molecule has 0 radical (unpaired) electrons. The van der Waals surface area contributed by atoms with Crippen LogP contribution in [0.1, 0.15) is 25.7 Å². The van der Waals surface area contributed by atoms with E-state index in [-0.39, 0.29) is 0 Å². The summed E-state index contributed by atoms with van der Waals surface area (Å²) in [6.45, 7) is 3.68. The van der Waals surface area contributed by atoms with Crippen molar-refractivity contribution in [2.75, 3.05) is 26.3 Å². The Bertz CT molecular complexity index is 202. The first kappa shape index (κ1) is 11.0. The van der Waals surface area contributed by atoms with Gasteiger partial charge in [0.15, 0.2) is 0 Å². The van der Waals surface area contributed by atoms with Crippen molar-refractivity contribution in [3.05, 3.63) is 12.3 Å². The van der Waals surface area contributed by atoms with Gasteiger partial charge in [0.2, 0.25) is 0 Å². The summed E-state index contributed by atoms with van der Waals surface area (Å²) in [5.74, 6) is 0.872. The van der Waals surface area contributed by atoms with Crippen molar-refractivity contribution < 1.29 is 9.47 Å². The predicted octanol–water partition coefficient (Wildman–Crippen LogP) is 1.70. The van der Waals surface area contributed by atoms with E-state index in [0.717, 1.165) is 45.1 Å². The van der Waals surface area contributed by atoms with Gasteiger partial charge in [-0.1, -0.05) is 0 Å². The zero-order valence-electron chi connectivity index (χ0n) is 9.28. The lowest BCUT2D eigenvalue weighted by Crippen LogP contribution is -2.31. The SMILES string of the molecule is C1=COC(CNCCOCC2CC2)CC1. The Morgan fingerprint density at radius 3 is 3.00 bits per heavy atom. The third-order valence-electron chi connectivity index (χ3n) is 2.87. The van der Waals surface area contributed by atoms with Gasteiger partial charge < -0.3 is 14.8 Å². The van der Waals surface area contributed by atoms with Crippen LogP contribution in [-0.2, 0) is 9.47 Å². The lowest BCUT2D eigenvalue weighted by Gasteiger charge is -2.19. The summed E-state index contributed by atoms with van der Waals surface area (Å²) in [6.07, 6.45) is 9.27. The summed E-state index contributed by atoms with van der Waals surface area (Å²) < 4.78 is 11.0. The molecule has 0 spiro atoms. The topological polar surface area (TPSA) is 30.5 Å². The summed E-state index contributed by atoms with van der Waals surface area (Å²) in [7, 11) is 0. The van der Waals surface area contributed by atoms with Crippen LogP contribution in [0.3, 0.4) is 0 Å². The third-order valence-corrected chi connectivity index (χ3v) is 2.87. The first-order chi connectivity index (χ1) is 7.45. The van der Waals surface area contributed by atoms with Crippen LogP contribution in [0.4, 0.5) is 0 Å². The molecule has 1 heterocycles. The molecule has 86 valence electrons. The van der Waals surface area contributed by atoms with E-state index in [1.54, 1.807) is 0 Å². The van der Waals surface area contributed by atoms with Gasteiger partial charge in [-0.25, -0.2) is 0 Å². The second-order valence-corrected chi connectivity index (χ2v) is 4.43. The molecule has 1 atom stereocenters. The van der Waals surface area contributed by atoms with E-state index in [0.29, 0.717) is 6.10 Å². The minimum atomic E-state index is 0.360. The molecule has 3 nitrogen and oxygen atoms in total. The average molecular weight is 211 g/mol. The van der Waals surface area contributed by atoms with Gasteiger partial charge in [0.25, 0.3) is 0 Å². The molecule has 2 aliphatic rings. The third kappa shape index (κ3) is 4.67. The summed E-state index contributed by atoms with van der Waals surface area (Å²) in [6, 6.07) is 0. The fourth-order valence-electron chi connectivity index (χ4n) is 1.68. The number of rotatable bonds is 7. The molecule has 2 rings (SSSR count). The molecule has 15 heavy (non-hydrogen) atoms. The molecule has 3 heteroatoms. The van der Waals surface area contributed by atoms with E-state index < -0.39 is 0 Å². The number of nitrogens with one attached hydrogen (secondary N) is 1. The lowest BCUT2D eigenvalue weighted by atomic mass is 10.1. The minimum Gasteiger partial charge on any atom is -0.497 e. The second-order valence-electron chi connectivity index (χ2n) is 4.43. The van der Waals surface area contributed by atoms with Crippen molar-refractivity contribution in [3.63, 3.8) is 0 Å². The summed E-state index contributed by atoms with van der Waals surface area (Å²) in [5, 5.41) is 3.37. The van der Waals surface area contributed by atoms with Crippen molar-refractivity contribution in [3.8, 4) is 0 Å². The summed E-state index contributed by atoms with van der Waals surface area (Å²) in [5.41, 5.74) is 0. The molecule has 1 fully saturated rings. The van der Waals surface area contributed by atoms with Gasteiger partial charge in [0.05, 0.1) is 12.9 Å². The fourth-order valence-corrected chi connectivity index (χ4v) is 1.68. The van der Waals surface area contributed by atoms with Crippen LogP contribution in [0.2, 0.25) is 0 Å². The first-order valence-electron chi connectivity index (χ1n) is 6.04. The highest BCUT2D eigenvalue weighted by atomic mass is 16.5. The first-order valence-corrected chi connectivity index (χ1v) is 6.04. The Morgan fingerprint density at radius 2 is 2.27 bits per heavy atom. The van der Waals surface area contributed by atoms with Gasteiger partial charge in [0.1, 0.15) is 6.10 Å². The van der Waals surface area contributed by atoms with Crippen LogP contribution in [0, 0.1) is 5.92 Å². The van der Waals surface area contributed by atoms with E-state index in [4.69, 9.17) is 9.47 Å². The maximum absolute atomic E-state index is 5.53. The number of allylic oxidation sites excluding steroid dienone is 1. The Hall–Kier alpha value is -0.540. The fraction of sp³-hybridized carbons (Fsp3) is 0.833. The van der Waals surface area contributed by atoms with E-state index in [2.05, 4.69) is 11.4 Å². The highest BCUT2D eigenvalue weighted by Gasteiger charge is 2.20. The van der Waals surface area contributed by atoms with Crippen molar-refractivity contribution >= 4 is 0 Å². The second kappa shape index (κ2) is 6.13. The highest BCUT2D eigenvalue weighted by molar-refractivity contribution is 4.82. The summed E-state index contributed by atoms with van der Waals surface area (Å²) in [4.78, 5) is 0. The molecule has 1 aliphatic heterocycles. The van der Waals surface area contributed by atoms with Gasteiger partial charge in [-0.15, -0.1) is 0 Å². The Balaban J connectivity index is 1.39. The van der Waals surface area contributed by atoms with Crippen molar-refractivity contribution in [1.29, 1.82) is 0 Å². The maximum atomic E-state index is 5.53. The smallest absolute Gasteiger partial charge is 0.110 e. The Morgan fingerprint density at radius 1 is 1.33 bits per heavy atom. The van der Waals surface area contributed by atoms with E-state index in [1.807, 2.05) is 6.26 Å². The predicted molar refractivity (Wildman–Crippen MR) is 59.7 cm³/mol. The van der Waals surface area contributed by atoms with Gasteiger partial charge >= 0.3 is 0 Å². The maximum Gasteiger partial charge on any atom is 0.110 e. The van der Waals surface area contributed by atoms with Crippen LogP contribution < -0.4 is 5.32 Å². The van der Waals surface area contributed by atoms with Crippen molar-refractivity contribution in [2.24, 2.45) is 5.92 Å². The molecular formula is C12H21NO2. The van der Waals surface area contributed by atoms with E-state index in [9.17, 15) is 0 Å². The monoisotopic (exact) mass is 211 g/mol. The van der Waals surface area contributed by atoms with Crippen molar-refractivity contribution in [1.82, 2.24) is 5.32 Å². The van der Waals surface area contributed by atoms with E-state index in [1.165, 1.54) is 12.8 Å². The molecule has 1 unspecified atom stereocenters. The van der Waals surface area contributed by atoms with Gasteiger partial charge in [-0.3, -0.25) is 0 Å². The van der Waals surface area contributed by atoms with Crippen LogP contribution in [-0.4, -0.2) is 32.4 Å². The van der Waals surface area contributed by atoms with Crippen LogP contribution in [0.15, 0.2) is 12.3 Å². The lowest BCUT2D eigenvalue weighted by molar-refractivity contribution is 0.106. The molecule has 0 amide bonds. The molecule has 0 aromatic heterocycles. The molecule has 1 saturated carbocycles. The molecule has 0 aromatic rings. The molecule has 1 aliphatic carbocycles. The van der Waals surface area contributed by atoms with Crippen LogP contribution in [0.5, 0.6) is 0 Å². The average Bonchev–Trinajstić information content (AvgIpc) is 3.09. The van der Waals surface area contributed by atoms with Gasteiger partial charge in [0, 0.05) is 19.7 Å². The van der Waals surface area contributed by atoms with Crippen molar-refractivity contribution in [2.45, 2.75) is 31.8 Å². The van der Waals surface area contributed by atoms with Crippen LogP contribution >= 0.6 is 0 Å². The Kier molecular flexibility index (Phi) is 4.48. The summed E-state index contributed by atoms with van der Waals surface area (Å²) >= 11 is 0. The van der Waals surface area contributed by atoms with Gasteiger partial charge in [-0.2, -0.15) is 0 Å². The van der Waals surface area contributed by atoms with Crippen LogP contribution in [0.25, 0.3) is 0 Å². The molecule has 0 saturated heterocycles. The minimum absolute atomic E-state index is 0.360. The molecule has 0 bridgehead atoms. The zero-order chi connectivity index (χ0) is 10.3. The highest BCUT2D eigenvalue weighted by Crippen LogP contribution is 2.28. The molecule has 1 N–H and O–H groups in total. The number of hydrogen-bond donors (Lipinski definition) is 1. The Labute approximate surface area is 91.8 Å². The number of hydrogen-bond acceptors (Lipinski definition) is 3. The quantitative estimate of drug-likeness (QED) is 0.650. The van der Waals surface area contributed by atoms with E-state index >= 15 is 0 Å². The zero-order valence-corrected chi connectivity index (χ0v) is 9.28. The number of ether oxygens (including phenoxy) is 2. The largest absolute Gasteiger partial charge is 0.497 e.